The number of hydrogen-bond acceptors (Lipinski definition) is 5. The fourth-order valence-electron chi connectivity index (χ4n) is 2.57. The molecule has 0 spiro atoms. The fourth-order valence-corrected chi connectivity index (χ4v) is 2.84. The van der Waals surface area contributed by atoms with Gasteiger partial charge in [-0.05, 0) is 60.2 Å². The van der Waals surface area contributed by atoms with E-state index in [9.17, 15) is 4.79 Å². The summed E-state index contributed by atoms with van der Waals surface area (Å²) in [5.41, 5.74) is 3.85. The Bertz CT molecular complexity index is 1010. The van der Waals surface area contributed by atoms with Crippen molar-refractivity contribution < 1.29 is 19.0 Å². The highest BCUT2D eigenvalue weighted by Crippen LogP contribution is 2.27. The molecule has 2 N–H and O–H groups in total. The number of rotatable bonds is 9. The van der Waals surface area contributed by atoms with Crippen molar-refractivity contribution in [2.24, 2.45) is 5.10 Å². The van der Waals surface area contributed by atoms with Gasteiger partial charge in [0.05, 0.1) is 13.3 Å². The fraction of sp³-hybridized carbons (Fsp3) is 0.130. The lowest BCUT2D eigenvalue weighted by molar-refractivity contribution is 0.211. The van der Waals surface area contributed by atoms with Crippen molar-refractivity contribution in [3.05, 3.63) is 82.8 Å². The molecule has 0 aliphatic carbocycles. The molecule has 2 amide bonds. The highest BCUT2D eigenvalue weighted by molar-refractivity contribution is 9.10. The molecule has 31 heavy (non-hydrogen) atoms. The number of carbonyl (C=O) groups excluding carboxylic acids is 1. The van der Waals surface area contributed by atoms with E-state index in [-0.39, 0.29) is 0 Å². The van der Waals surface area contributed by atoms with Crippen molar-refractivity contribution in [3.8, 4) is 17.2 Å². The number of benzene rings is 3. The van der Waals surface area contributed by atoms with Crippen LogP contribution in [0.25, 0.3) is 0 Å². The monoisotopic (exact) mass is 483 g/mol. The summed E-state index contributed by atoms with van der Waals surface area (Å²) in [7, 11) is 1.56. The summed E-state index contributed by atoms with van der Waals surface area (Å²) in [4.78, 5) is 11.9. The molecule has 0 radical (unpaired) electrons. The van der Waals surface area contributed by atoms with Crippen molar-refractivity contribution in [1.82, 2.24) is 5.43 Å². The number of nitrogens with one attached hydrogen (secondary N) is 2. The summed E-state index contributed by atoms with van der Waals surface area (Å²) in [6, 6.07) is 21.6. The number of hydrogen-bond donors (Lipinski definition) is 2. The van der Waals surface area contributed by atoms with E-state index in [0.29, 0.717) is 30.4 Å². The van der Waals surface area contributed by atoms with Crippen molar-refractivity contribution in [3.63, 3.8) is 0 Å². The summed E-state index contributed by atoms with van der Waals surface area (Å²) >= 11 is 3.39. The minimum Gasteiger partial charge on any atom is -0.493 e. The van der Waals surface area contributed by atoms with Gasteiger partial charge in [-0.1, -0.05) is 34.1 Å². The van der Waals surface area contributed by atoms with E-state index in [0.717, 1.165) is 15.8 Å². The minimum absolute atomic E-state index is 0.362. The number of para-hydroxylation sites is 1. The highest BCUT2D eigenvalue weighted by Gasteiger charge is 2.06. The Morgan fingerprint density at radius 1 is 0.968 bits per heavy atom. The predicted molar refractivity (Wildman–Crippen MR) is 124 cm³/mol. The van der Waals surface area contributed by atoms with E-state index in [1.807, 2.05) is 48.5 Å². The first kappa shape index (κ1) is 22.2. The van der Waals surface area contributed by atoms with Gasteiger partial charge in [0.25, 0.3) is 0 Å². The van der Waals surface area contributed by atoms with Gasteiger partial charge in [-0.15, -0.1) is 0 Å². The minimum atomic E-state index is -0.430. The molecule has 0 fully saturated rings. The number of urea groups is 1. The quantitative estimate of drug-likeness (QED) is 0.253. The molecule has 0 aromatic heterocycles. The molecule has 0 aliphatic heterocycles. The summed E-state index contributed by atoms with van der Waals surface area (Å²) < 4.78 is 17.8. The Balaban J connectivity index is 1.47. The van der Waals surface area contributed by atoms with Gasteiger partial charge in [0.2, 0.25) is 0 Å². The predicted octanol–water partition coefficient (Wildman–Crippen LogP) is 5.07. The smallest absolute Gasteiger partial charge is 0.339 e. The number of carbonyl (C=O) groups is 1. The van der Waals surface area contributed by atoms with Crippen LogP contribution in [0.1, 0.15) is 5.56 Å². The number of halogens is 1. The molecule has 3 aromatic carbocycles. The van der Waals surface area contributed by atoms with E-state index < -0.39 is 6.03 Å². The standard InChI is InChI=1S/C23H22BrN3O4/c1-29-22-15-17(16-25-27-23(28)26-19-5-3-2-4-6-19)7-12-21(22)31-14-13-30-20-10-8-18(24)9-11-20/h2-12,15-16H,13-14H2,1H3,(H2,26,27,28). The van der Waals surface area contributed by atoms with Crippen LogP contribution in [0, 0.1) is 0 Å². The number of amides is 2. The van der Waals surface area contributed by atoms with Crippen LogP contribution in [0.3, 0.4) is 0 Å². The maximum atomic E-state index is 11.9. The molecular formula is C23H22BrN3O4. The SMILES string of the molecule is COc1cc(C=NNC(=O)Nc2ccccc2)ccc1OCCOc1ccc(Br)cc1. The Labute approximate surface area is 189 Å². The molecule has 3 rings (SSSR count). The Hall–Kier alpha value is -3.52. The van der Waals surface area contributed by atoms with E-state index >= 15 is 0 Å². The number of ether oxygens (including phenoxy) is 3. The van der Waals surface area contributed by atoms with Crippen LogP contribution in [0.4, 0.5) is 10.5 Å². The average Bonchev–Trinajstić information content (AvgIpc) is 2.79. The van der Waals surface area contributed by atoms with Crippen LogP contribution in [0.5, 0.6) is 17.2 Å². The third-order valence-electron chi connectivity index (χ3n) is 4.02. The molecule has 3 aromatic rings. The second kappa shape index (κ2) is 11.6. The van der Waals surface area contributed by atoms with Crippen LogP contribution >= 0.6 is 15.9 Å². The highest BCUT2D eigenvalue weighted by atomic mass is 79.9. The first-order chi connectivity index (χ1) is 15.1. The molecule has 0 heterocycles. The van der Waals surface area contributed by atoms with Crippen molar-refractivity contribution in [2.75, 3.05) is 25.6 Å². The molecule has 0 unspecified atom stereocenters. The summed E-state index contributed by atoms with van der Waals surface area (Å²) in [6.45, 7) is 0.759. The molecule has 8 heteroatoms. The zero-order valence-electron chi connectivity index (χ0n) is 16.9. The second-order valence-corrected chi connectivity index (χ2v) is 7.17. The maximum absolute atomic E-state index is 11.9. The lowest BCUT2D eigenvalue weighted by atomic mass is 10.2. The zero-order valence-corrected chi connectivity index (χ0v) is 18.5. The molecule has 160 valence electrons. The van der Waals surface area contributed by atoms with E-state index in [1.54, 1.807) is 31.4 Å². The van der Waals surface area contributed by atoms with Crippen LogP contribution in [-0.2, 0) is 0 Å². The molecular weight excluding hydrogens is 462 g/mol. The van der Waals surface area contributed by atoms with Gasteiger partial charge >= 0.3 is 6.03 Å². The van der Waals surface area contributed by atoms with Gasteiger partial charge in [0, 0.05) is 10.2 Å². The molecule has 0 bridgehead atoms. The van der Waals surface area contributed by atoms with Crippen LogP contribution in [0.15, 0.2) is 82.4 Å². The van der Waals surface area contributed by atoms with Gasteiger partial charge in [0.15, 0.2) is 11.5 Å². The van der Waals surface area contributed by atoms with Crippen LogP contribution in [-0.4, -0.2) is 32.6 Å². The van der Waals surface area contributed by atoms with Crippen molar-refractivity contribution >= 4 is 33.9 Å². The topological polar surface area (TPSA) is 81.2 Å². The van der Waals surface area contributed by atoms with Crippen molar-refractivity contribution in [2.45, 2.75) is 0 Å². The van der Waals surface area contributed by atoms with Gasteiger partial charge in [-0.2, -0.15) is 5.10 Å². The van der Waals surface area contributed by atoms with Crippen LogP contribution < -0.4 is 25.0 Å². The van der Waals surface area contributed by atoms with Gasteiger partial charge in [0.1, 0.15) is 19.0 Å². The number of methoxy groups -OCH3 is 1. The molecule has 0 atom stereocenters. The third kappa shape index (κ3) is 7.35. The van der Waals surface area contributed by atoms with E-state index in [2.05, 4.69) is 31.8 Å². The molecule has 0 saturated heterocycles. The number of nitrogens with zero attached hydrogens (tertiary/aromatic N) is 1. The normalized spacial score (nSPS) is 10.5. The van der Waals surface area contributed by atoms with Gasteiger partial charge < -0.3 is 19.5 Å². The third-order valence-corrected chi connectivity index (χ3v) is 4.55. The largest absolute Gasteiger partial charge is 0.493 e. The van der Waals surface area contributed by atoms with Crippen LogP contribution in [0.2, 0.25) is 0 Å². The second-order valence-electron chi connectivity index (χ2n) is 6.25. The zero-order chi connectivity index (χ0) is 21.9. The van der Waals surface area contributed by atoms with Gasteiger partial charge in [-0.25, -0.2) is 10.2 Å². The lowest BCUT2D eigenvalue weighted by Gasteiger charge is -2.12. The first-order valence-corrected chi connectivity index (χ1v) is 10.3. The first-order valence-electron chi connectivity index (χ1n) is 9.48. The Morgan fingerprint density at radius 2 is 1.71 bits per heavy atom. The molecule has 0 aliphatic rings. The molecule has 7 nitrogen and oxygen atoms in total. The number of hydrazone groups is 1. The summed E-state index contributed by atoms with van der Waals surface area (Å²) in [6.07, 6.45) is 1.52. The average molecular weight is 484 g/mol. The van der Waals surface area contributed by atoms with E-state index in [1.165, 1.54) is 6.21 Å². The summed E-state index contributed by atoms with van der Waals surface area (Å²) in [5.74, 6) is 1.92. The lowest BCUT2D eigenvalue weighted by Crippen LogP contribution is -2.24. The maximum Gasteiger partial charge on any atom is 0.339 e. The Kier molecular flexibility index (Phi) is 8.30. The van der Waals surface area contributed by atoms with E-state index in [4.69, 9.17) is 14.2 Å². The Morgan fingerprint density at radius 3 is 2.45 bits per heavy atom. The van der Waals surface area contributed by atoms with Crippen molar-refractivity contribution in [1.29, 1.82) is 0 Å². The molecule has 0 saturated carbocycles. The number of anilines is 1. The summed E-state index contributed by atoms with van der Waals surface area (Å²) in [5, 5.41) is 6.63. The van der Waals surface area contributed by atoms with Gasteiger partial charge in [-0.3, -0.25) is 0 Å².